The summed E-state index contributed by atoms with van der Waals surface area (Å²) in [6.07, 6.45) is 3.20. The summed E-state index contributed by atoms with van der Waals surface area (Å²) >= 11 is 5.78. The van der Waals surface area contributed by atoms with Crippen LogP contribution in [-0.2, 0) is 0 Å². The Kier molecular flexibility index (Phi) is 3.56. The Bertz CT molecular complexity index is 634. The number of piperazine rings is 1. The van der Waals surface area contributed by atoms with Crippen LogP contribution in [0.25, 0.3) is 0 Å². The largest absolute Gasteiger partial charge is 0.355 e. The van der Waals surface area contributed by atoms with Gasteiger partial charge in [-0.3, -0.25) is 4.79 Å². The van der Waals surface area contributed by atoms with E-state index in [2.05, 4.69) is 24.8 Å². The van der Waals surface area contributed by atoms with Gasteiger partial charge in [0.25, 0.3) is 0 Å². The molecule has 3 heterocycles. The van der Waals surface area contributed by atoms with Crippen LogP contribution < -0.4 is 15.4 Å². The monoisotopic (exact) mass is 291 g/mol. The van der Waals surface area contributed by atoms with Gasteiger partial charge >= 0.3 is 0 Å². The van der Waals surface area contributed by atoms with Crippen LogP contribution in [0.5, 0.6) is 0 Å². The highest BCUT2D eigenvalue weighted by Gasteiger charge is 2.19. The van der Waals surface area contributed by atoms with Gasteiger partial charge in [-0.2, -0.15) is 0 Å². The van der Waals surface area contributed by atoms with E-state index in [0.717, 1.165) is 32.0 Å². The van der Waals surface area contributed by atoms with E-state index in [-0.39, 0.29) is 5.56 Å². The fourth-order valence-corrected chi connectivity index (χ4v) is 2.33. The van der Waals surface area contributed by atoms with Gasteiger partial charge in [-0.05, 0) is 6.07 Å². The SMILES string of the molecule is O=c1cccc(N2CCN(c3ncc(Cl)cn3)CC2)[nH]1. The van der Waals surface area contributed by atoms with E-state index < -0.39 is 0 Å². The molecule has 1 fully saturated rings. The average molecular weight is 292 g/mol. The van der Waals surface area contributed by atoms with Crippen LogP contribution in [0.3, 0.4) is 0 Å². The number of anilines is 2. The Balaban J connectivity index is 1.67. The number of H-pyrrole nitrogens is 1. The van der Waals surface area contributed by atoms with Crippen LogP contribution in [0, 0.1) is 0 Å². The minimum absolute atomic E-state index is 0.0778. The molecule has 0 amide bonds. The van der Waals surface area contributed by atoms with E-state index in [1.807, 2.05) is 6.07 Å². The van der Waals surface area contributed by atoms with Crippen molar-refractivity contribution >= 4 is 23.4 Å². The van der Waals surface area contributed by atoms with E-state index >= 15 is 0 Å². The van der Waals surface area contributed by atoms with Crippen LogP contribution in [0.4, 0.5) is 11.8 Å². The molecule has 20 heavy (non-hydrogen) atoms. The highest BCUT2D eigenvalue weighted by Crippen LogP contribution is 2.15. The van der Waals surface area contributed by atoms with E-state index in [0.29, 0.717) is 11.0 Å². The summed E-state index contributed by atoms with van der Waals surface area (Å²) in [5.74, 6) is 1.55. The Labute approximate surface area is 121 Å². The van der Waals surface area contributed by atoms with E-state index in [1.165, 1.54) is 6.07 Å². The van der Waals surface area contributed by atoms with Crippen LogP contribution in [0.1, 0.15) is 0 Å². The second kappa shape index (κ2) is 5.50. The number of halogens is 1. The number of rotatable bonds is 2. The van der Waals surface area contributed by atoms with E-state index in [1.54, 1.807) is 18.5 Å². The Morgan fingerprint density at radius 2 is 1.70 bits per heavy atom. The van der Waals surface area contributed by atoms with Gasteiger partial charge < -0.3 is 14.8 Å². The lowest BCUT2D eigenvalue weighted by Gasteiger charge is -2.35. The molecule has 0 aromatic carbocycles. The number of nitrogens with zero attached hydrogens (tertiary/aromatic N) is 4. The smallest absolute Gasteiger partial charge is 0.249 e. The first kappa shape index (κ1) is 12.9. The van der Waals surface area contributed by atoms with Gasteiger partial charge in [0.15, 0.2) is 0 Å². The van der Waals surface area contributed by atoms with Crippen molar-refractivity contribution in [2.75, 3.05) is 36.0 Å². The Morgan fingerprint density at radius 1 is 1.05 bits per heavy atom. The van der Waals surface area contributed by atoms with Crippen molar-refractivity contribution in [1.82, 2.24) is 15.0 Å². The summed E-state index contributed by atoms with van der Waals surface area (Å²) in [6, 6.07) is 5.19. The van der Waals surface area contributed by atoms with Crippen molar-refractivity contribution in [3.63, 3.8) is 0 Å². The molecule has 3 rings (SSSR count). The molecule has 1 saturated heterocycles. The first-order chi connectivity index (χ1) is 9.72. The normalized spacial score (nSPS) is 15.4. The molecule has 2 aromatic rings. The fourth-order valence-electron chi connectivity index (χ4n) is 2.24. The maximum Gasteiger partial charge on any atom is 0.249 e. The third kappa shape index (κ3) is 2.75. The first-order valence-corrected chi connectivity index (χ1v) is 6.77. The molecule has 0 bridgehead atoms. The Morgan fingerprint density at radius 3 is 2.35 bits per heavy atom. The molecule has 6 nitrogen and oxygen atoms in total. The number of aromatic amines is 1. The molecule has 104 valence electrons. The van der Waals surface area contributed by atoms with Crippen molar-refractivity contribution in [2.24, 2.45) is 0 Å². The molecule has 7 heteroatoms. The molecule has 0 saturated carbocycles. The number of pyridine rings is 1. The summed E-state index contributed by atoms with van der Waals surface area (Å²) in [5, 5.41) is 0.536. The molecule has 0 unspecified atom stereocenters. The molecule has 1 aliphatic rings. The van der Waals surface area contributed by atoms with E-state index in [4.69, 9.17) is 11.6 Å². The zero-order chi connectivity index (χ0) is 13.9. The second-order valence-electron chi connectivity index (χ2n) is 4.58. The maximum atomic E-state index is 11.3. The quantitative estimate of drug-likeness (QED) is 0.899. The van der Waals surface area contributed by atoms with Gasteiger partial charge in [0.05, 0.1) is 17.4 Å². The van der Waals surface area contributed by atoms with Crippen LogP contribution in [0.15, 0.2) is 35.4 Å². The first-order valence-electron chi connectivity index (χ1n) is 6.39. The minimum Gasteiger partial charge on any atom is -0.355 e. The number of nitrogens with one attached hydrogen (secondary N) is 1. The average Bonchev–Trinajstić information content (AvgIpc) is 2.48. The molecule has 0 aliphatic carbocycles. The van der Waals surface area contributed by atoms with Crippen LogP contribution >= 0.6 is 11.6 Å². The van der Waals surface area contributed by atoms with Crippen LogP contribution in [0.2, 0.25) is 5.02 Å². The third-order valence-electron chi connectivity index (χ3n) is 3.26. The summed E-state index contributed by atoms with van der Waals surface area (Å²) in [5.41, 5.74) is -0.0778. The predicted octanol–water partition coefficient (Wildman–Crippen LogP) is 1.14. The summed E-state index contributed by atoms with van der Waals surface area (Å²) in [6.45, 7) is 3.23. The lowest BCUT2D eigenvalue weighted by Crippen LogP contribution is -2.47. The molecule has 0 atom stereocenters. The maximum absolute atomic E-state index is 11.3. The molecule has 2 aromatic heterocycles. The van der Waals surface area contributed by atoms with Crippen molar-refractivity contribution in [3.05, 3.63) is 46.0 Å². The lowest BCUT2D eigenvalue weighted by molar-refractivity contribution is 0.634. The predicted molar refractivity (Wildman–Crippen MR) is 78.5 cm³/mol. The number of hydrogen-bond donors (Lipinski definition) is 1. The van der Waals surface area contributed by atoms with Gasteiger partial charge in [-0.25, -0.2) is 9.97 Å². The highest BCUT2D eigenvalue weighted by atomic mass is 35.5. The standard InChI is InChI=1S/C13H14ClN5O/c14-10-8-15-13(16-9-10)19-6-4-18(5-7-19)11-2-1-3-12(20)17-11/h1-3,8-9H,4-7H2,(H,17,20). The van der Waals surface area contributed by atoms with Crippen LogP contribution in [-0.4, -0.2) is 41.1 Å². The van der Waals surface area contributed by atoms with Gasteiger partial charge in [-0.1, -0.05) is 17.7 Å². The summed E-state index contributed by atoms with van der Waals surface area (Å²) < 4.78 is 0. The molecular weight excluding hydrogens is 278 g/mol. The highest BCUT2D eigenvalue weighted by molar-refractivity contribution is 6.30. The van der Waals surface area contributed by atoms with Crippen molar-refractivity contribution < 1.29 is 0 Å². The molecule has 1 aliphatic heterocycles. The van der Waals surface area contributed by atoms with Gasteiger partial charge in [0.1, 0.15) is 5.82 Å². The topological polar surface area (TPSA) is 65.1 Å². The number of hydrogen-bond acceptors (Lipinski definition) is 5. The van der Waals surface area contributed by atoms with Crippen molar-refractivity contribution in [3.8, 4) is 0 Å². The van der Waals surface area contributed by atoms with E-state index in [9.17, 15) is 4.79 Å². The van der Waals surface area contributed by atoms with Gasteiger partial charge in [0, 0.05) is 32.2 Å². The second-order valence-corrected chi connectivity index (χ2v) is 5.01. The lowest BCUT2D eigenvalue weighted by atomic mass is 10.3. The summed E-state index contributed by atoms with van der Waals surface area (Å²) in [7, 11) is 0. The zero-order valence-electron chi connectivity index (χ0n) is 10.8. The molecule has 0 radical (unpaired) electrons. The summed E-state index contributed by atoms with van der Waals surface area (Å²) in [4.78, 5) is 26.9. The molecule has 1 N–H and O–H groups in total. The minimum atomic E-state index is -0.0778. The molecule has 0 spiro atoms. The molecular formula is C13H14ClN5O. The van der Waals surface area contributed by atoms with Crippen molar-refractivity contribution in [1.29, 1.82) is 0 Å². The third-order valence-corrected chi connectivity index (χ3v) is 3.46. The zero-order valence-corrected chi connectivity index (χ0v) is 11.5. The van der Waals surface area contributed by atoms with Gasteiger partial charge in [-0.15, -0.1) is 0 Å². The fraction of sp³-hybridized carbons (Fsp3) is 0.308. The van der Waals surface area contributed by atoms with Crippen molar-refractivity contribution in [2.45, 2.75) is 0 Å². The number of aromatic nitrogens is 3. The Hall–Kier alpha value is -2.08. The van der Waals surface area contributed by atoms with Gasteiger partial charge in [0.2, 0.25) is 11.5 Å².